The van der Waals surface area contributed by atoms with Crippen LogP contribution in [0.4, 0.5) is 4.79 Å². The minimum Gasteiger partial charge on any atom is -0.394 e. The Balaban J connectivity index is 1.84. The van der Waals surface area contributed by atoms with Crippen LogP contribution < -0.4 is 10.6 Å². The highest BCUT2D eigenvalue weighted by atomic mass is 16.5. The summed E-state index contributed by atoms with van der Waals surface area (Å²) in [6.07, 6.45) is 3.78. The molecule has 2 heterocycles. The smallest absolute Gasteiger partial charge is 0.315 e. The Morgan fingerprint density at radius 2 is 1.96 bits per heavy atom. The van der Waals surface area contributed by atoms with Crippen LogP contribution in [0.15, 0.2) is 12.2 Å². The van der Waals surface area contributed by atoms with Crippen molar-refractivity contribution in [3.05, 3.63) is 12.2 Å². The van der Waals surface area contributed by atoms with Gasteiger partial charge in [0.15, 0.2) is 0 Å². The van der Waals surface area contributed by atoms with Crippen LogP contribution in [0.25, 0.3) is 0 Å². The van der Waals surface area contributed by atoms with Gasteiger partial charge in [0.1, 0.15) is 6.10 Å². The Hall–Kier alpha value is -1.64. The van der Waals surface area contributed by atoms with Gasteiger partial charge in [-0.3, -0.25) is 4.79 Å². The SMILES string of the molecule is CCCNC(=O)N[C@@H]1C=C[C@H](CC(=O)N2CCN(C)CC2)O[C@H]1CO. The van der Waals surface area contributed by atoms with Gasteiger partial charge in [0.05, 0.1) is 25.2 Å². The second-order valence-electron chi connectivity index (χ2n) is 6.59. The molecule has 2 aliphatic heterocycles. The largest absolute Gasteiger partial charge is 0.394 e. The third-order valence-electron chi connectivity index (χ3n) is 4.53. The number of piperazine rings is 1. The fourth-order valence-corrected chi connectivity index (χ4v) is 2.93. The first-order chi connectivity index (χ1) is 12.0. The molecule has 8 nitrogen and oxygen atoms in total. The zero-order valence-electron chi connectivity index (χ0n) is 15.1. The third kappa shape index (κ3) is 5.98. The summed E-state index contributed by atoms with van der Waals surface area (Å²) in [6.45, 7) is 5.57. The van der Waals surface area contributed by atoms with Crippen LogP contribution in [-0.2, 0) is 9.53 Å². The third-order valence-corrected chi connectivity index (χ3v) is 4.53. The number of amides is 3. The lowest BCUT2D eigenvalue weighted by Crippen LogP contribution is -2.52. The first kappa shape index (κ1) is 19.7. The molecular formula is C17H30N4O4. The molecule has 0 radical (unpaired) electrons. The molecule has 0 aromatic heterocycles. The lowest BCUT2D eigenvalue weighted by molar-refractivity contribution is -0.137. The predicted octanol–water partition coefficient (Wildman–Crippen LogP) is -0.456. The van der Waals surface area contributed by atoms with Gasteiger partial charge in [-0.25, -0.2) is 4.79 Å². The molecule has 1 fully saturated rings. The van der Waals surface area contributed by atoms with Crippen molar-refractivity contribution in [3.8, 4) is 0 Å². The van der Waals surface area contributed by atoms with Crippen LogP contribution in [0.5, 0.6) is 0 Å². The molecule has 2 rings (SSSR count). The first-order valence-electron chi connectivity index (χ1n) is 8.98. The van der Waals surface area contributed by atoms with E-state index in [0.29, 0.717) is 6.54 Å². The van der Waals surface area contributed by atoms with Crippen molar-refractivity contribution in [1.29, 1.82) is 0 Å². The number of carbonyl (C=O) groups is 2. The maximum absolute atomic E-state index is 12.4. The van der Waals surface area contributed by atoms with Crippen molar-refractivity contribution in [3.63, 3.8) is 0 Å². The molecule has 0 bridgehead atoms. The van der Waals surface area contributed by atoms with E-state index in [0.717, 1.165) is 32.6 Å². The molecule has 0 saturated carbocycles. The van der Waals surface area contributed by atoms with Crippen molar-refractivity contribution in [1.82, 2.24) is 20.4 Å². The molecule has 3 N–H and O–H groups in total. The van der Waals surface area contributed by atoms with E-state index in [1.165, 1.54) is 0 Å². The van der Waals surface area contributed by atoms with Crippen LogP contribution in [0, 0.1) is 0 Å². The van der Waals surface area contributed by atoms with E-state index >= 15 is 0 Å². The van der Waals surface area contributed by atoms with Crippen molar-refractivity contribution in [2.45, 2.75) is 38.0 Å². The van der Waals surface area contributed by atoms with Crippen LogP contribution in [-0.4, -0.2) is 91.5 Å². The zero-order valence-corrected chi connectivity index (χ0v) is 15.1. The number of aliphatic hydroxyl groups is 1. The number of likely N-dealkylation sites (N-methyl/N-ethyl adjacent to an activating group) is 1. The highest BCUT2D eigenvalue weighted by Crippen LogP contribution is 2.17. The van der Waals surface area contributed by atoms with Gasteiger partial charge in [-0.2, -0.15) is 0 Å². The van der Waals surface area contributed by atoms with E-state index in [1.54, 1.807) is 12.2 Å². The second-order valence-corrected chi connectivity index (χ2v) is 6.59. The molecule has 0 aromatic carbocycles. The molecule has 142 valence electrons. The molecular weight excluding hydrogens is 324 g/mol. The van der Waals surface area contributed by atoms with E-state index in [1.807, 2.05) is 18.9 Å². The van der Waals surface area contributed by atoms with Crippen LogP contribution in [0.1, 0.15) is 19.8 Å². The van der Waals surface area contributed by atoms with E-state index in [2.05, 4.69) is 15.5 Å². The number of ether oxygens (including phenoxy) is 1. The average Bonchev–Trinajstić information content (AvgIpc) is 2.61. The summed E-state index contributed by atoms with van der Waals surface area (Å²) in [5.74, 6) is 0.0616. The number of nitrogens with one attached hydrogen (secondary N) is 2. The van der Waals surface area contributed by atoms with Gasteiger partial charge in [-0.1, -0.05) is 19.1 Å². The Labute approximate surface area is 149 Å². The summed E-state index contributed by atoms with van der Waals surface area (Å²) >= 11 is 0. The minimum atomic E-state index is -0.553. The standard InChI is InChI=1S/C17H30N4O4/c1-3-6-18-17(24)19-14-5-4-13(25-15(14)12-22)11-16(23)21-9-7-20(2)8-10-21/h4-5,13-15,22H,3,6-12H2,1-2H3,(H2,18,19,24)/t13-,14-,15+/m1/s1. The fraction of sp³-hybridized carbons (Fsp3) is 0.765. The molecule has 0 spiro atoms. The first-order valence-corrected chi connectivity index (χ1v) is 8.98. The number of carbonyl (C=O) groups excluding carboxylic acids is 2. The number of nitrogens with zero attached hydrogens (tertiary/aromatic N) is 2. The molecule has 0 aromatic rings. The van der Waals surface area contributed by atoms with Crippen molar-refractivity contribution in [2.24, 2.45) is 0 Å². The molecule has 8 heteroatoms. The molecule has 3 atom stereocenters. The summed E-state index contributed by atoms with van der Waals surface area (Å²) in [6, 6.07) is -0.692. The number of hydrogen-bond acceptors (Lipinski definition) is 5. The van der Waals surface area contributed by atoms with E-state index in [9.17, 15) is 14.7 Å². The Morgan fingerprint density at radius 3 is 2.60 bits per heavy atom. The summed E-state index contributed by atoms with van der Waals surface area (Å²) in [7, 11) is 2.05. The van der Waals surface area contributed by atoms with Gasteiger partial charge >= 0.3 is 6.03 Å². The molecule has 25 heavy (non-hydrogen) atoms. The van der Waals surface area contributed by atoms with Gasteiger partial charge in [-0.05, 0) is 13.5 Å². The van der Waals surface area contributed by atoms with E-state index in [4.69, 9.17) is 4.74 Å². The van der Waals surface area contributed by atoms with Gasteiger partial charge in [0.2, 0.25) is 5.91 Å². The molecule has 0 aliphatic carbocycles. The molecule has 2 aliphatic rings. The fourth-order valence-electron chi connectivity index (χ4n) is 2.93. The quantitative estimate of drug-likeness (QED) is 0.562. The maximum Gasteiger partial charge on any atom is 0.315 e. The van der Waals surface area contributed by atoms with Gasteiger partial charge in [0.25, 0.3) is 0 Å². The normalized spacial score (nSPS) is 27.2. The highest BCUT2D eigenvalue weighted by Gasteiger charge is 2.30. The summed E-state index contributed by atoms with van der Waals surface area (Å²) < 4.78 is 5.80. The maximum atomic E-state index is 12.4. The predicted molar refractivity (Wildman–Crippen MR) is 94.2 cm³/mol. The van der Waals surface area contributed by atoms with Gasteiger partial charge in [-0.15, -0.1) is 0 Å². The number of hydrogen-bond donors (Lipinski definition) is 3. The molecule has 1 saturated heterocycles. The number of urea groups is 1. The van der Waals surface area contributed by atoms with Crippen LogP contribution in [0.2, 0.25) is 0 Å². The molecule has 3 amide bonds. The number of rotatable bonds is 6. The van der Waals surface area contributed by atoms with Gasteiger partial charge < -0.3 is 30.3 Å². The van der Waals surface area contributed by atoms with Crippen molar-refractivity contribution < 1.29 is 19.4 Å². The van der Waals surface area contributed by atoms with Crippen molar-refractivity contribution in [2.75, 3.05) is 46.4 Å². The lowest BCUT2D eigenvalue weighted by Gasteiger charge is -2.35. The highest BCUT2D eigenvalue weighted by molar-refractivity contribution is 5.77. The summed E-state index contributed by atoms with van der Waals surface area (Å²) in [4.78, 5) is 28.2. The zero-order chi connectivity index (χ0) is 18.2. The monoisotopic (exact) mass is 354 g/mol. The van der Waals surface area contributed by atoms with Crippen LogP contribution in [0.3, 0.4) is 0 Å². The topological polar surface area (TPSA) is 94.1 Å². The van der Waals surface area contributed by atoms with E-state index < -0.39 is 12.1 Å². The Kier molecular flexibility index (Phi) is 7.67. The summed E-state index contributed by atoms with van der Waals surface area (Å²) in [5, 5.41) is 15.1. The molecule has 0 unspecified atom stereocenters. The summed E-state index contributed by atoms with van der Waals surface area (Å²) in [5.41, 5.74) is 0. The minimum absolute atomic E-state index is 0.0616. The Bertz CT molecular complexity index is 477. The second kappa shape index (κ2) is 9.74. The number of aliphatic hydroxyl groups excluding tert-OH is 1. The van der Waals surface area contributed by atoms with Crippen molar-refractivity contribution >= 4 is 11.9 Å². The lowest BCUT2D eigenvalue weighted by atomic mass is 10.0. The Morgan fingerprint density at radius 1 is 1.24 bits per heavy atom. The van der Waals surface area contributed by atoms with Gasteiger partial charge in [0, 0.05) is 32.7 Å². The van der Waals surface area contributed by atoms with Crippen LogP contribution >= 0.6 is 0 Å². The van der Waals surface area contributed by atoms with E-state index in [-0.39, 0.29) is 31.1 Å². The average molecular weight is 354 g/mol.